The maximum atomic E-state index is 12.0. The summed E-state index contributed by atoms with van der Waals surface area (Å²) in [6, 6.07) is 0. The lowest BCUT2D eigenvalue weighted by molar-refractivity contribution is -0.0554. The smallest absolute Gasteiger partial charge is 0.263 e. The van der Waals surface area contributed by atoms with Crippen LogP contribution in [0.5, 0.6) is 0 Å². The molecule has 1 aliphatic rings. The van der Waals surface area contributed by atoms with Crippen LogP contribution in [0.15, 0.2) is 0 Å². The molecular weight excluding hydrogens is 257 g/mol. The fourth-order valence-corrected chi connectivity index (χ4v) is 2.68. The Bertz CT molecular complexity index is 337. The summed E-state index contributed by atoms with van der Waals surface area (Å²) in [5.41, 5.74) is -5.31. The molecule has 1 fully saturated rings. The molecule has 1 aliphatic carbocycles. The summed E-state index contributed by atoms with van der Waals surface area (Å²) in [6.45, 7) is 1.68. The van der Waals surface area contributed by atoms with Crippen LogP contribution in [-0.4, -0.2) is 20.5 Å². The van der Waals surface area contributed by atoms with Crippen LogP contribution < -0.4 is 0 Å². The Morgan fingerprint density at radius 1 is 1.24 bits per heavy atom. The molecule has 0 aromatic heterocycles. The van der Waals surface area contributed by atoms with Crippen molar-refractivity contribution in [2.75, 3.05) is 6.61 Å². The van der Waals surface area contributed by atoms with Crippen molar-refractivity contribution in [3.63, 3.8) is 0 Å². The van der Waals surface area contributed by atoms with Gasteiger partial charge in [-0.3, -0.25) is 4.18 Å². The quantitative estimate of drug-likeness (QED) is 0.584. The third kappa shape index (κ3) is 4.13. The molecule has 102 valence electrons. The van der Waals surface area contributed by atoms with E-state index in [2.05, 4.69) is 4.18 Å². The zero-order chi connectivity index (χ0) is 13.1. The van der Waals surface area contributed by atoms with E-state index < -0.39 is 15.6 Å². The van der Waals surface area contributed by atoms with Gasteiger partial charge in [0.2, 0.25) is 0 Å². The fourth-order valence-electron chi connectivity index (χ4n) is 2.18. The van der Waals surface area contributed by atoms with Gasteiger partial charge >= 0.3 is 15.6 Å². The van der Waals surface area contributed by atoms with Gasteiger partial charge in [-0.05, 0) is 24.7 Å². The second kappa shape index (κ2) is 5.56. The van der Waals surface area contributed by atoms with Crippen molar-refractivity contribution in [3.8, 4) is 0 Å². The lowest BCUT2D eigenvalue weighted by Gasteiger charge is -2.27. The number of halogens is 3. The third-order valence-electron chi connectivity index (χ3n) is 3.21. The molecule has 1 saturated carbocycles. The molecule has 0 saturated heterocycles. The molecule has 0 N–H and O–H groups in total. The number of hydrogen-bond acceptors (Lipinski definition) is 3. The van der Waals surface area contributed by atoms with Gasteiger partial charge in [-0.25, -0.2) is 0 Å². The van der Waals surface area contributed by atoms with Gasteiger partial charge in [-0.15, -0.1) is 0 Å². The molecule has 0 aliphatic heterocycles. The summed E-state index contributed by atoms with van der Waals surface area (Å²) in [7, 11) is -5.42. The molecule has 1 rings (SSSR count). The van der Waals surface area contributed by atoms with Crippen molar-refractivity contribution in [3.05, 3.63) is 0 Å². The third-order valence-corrected chi connectivity index (χ3v) is 4.22. The highest BCUT2D eigenvalue weighted by atomic mass is 32.2. The summed E-state index contributed by atoms with van der Waals surface area (Å²) in [4.78, 5) is 0. The van der Waals surface area contributed by atoms with E-state index in [1.54, 1.807) is 0 Å². The molecule has 2 unspecified atom stereocenters. The molecule has 0 amide bonds. The van der Waals surface area contributed by atoms with Gasteiger partial charge in [-0.2, -0.15) is 21.6 Å². The first-order chi connectivity index (χ1) is 7.76. The van der Waals surface area contributed by atoms with Crippen molar-refractivity contribution < 1.29 is 25.8 Å². The van der Waals surface area contributed by atoms with E-state index >= 15 is 0 Å². The summed E-state index contributed by atoms with van der Waals surface area (Å²) in [5.74, 6) is 0.400. The van der Waals surface area contributed by atoms with Crippen LogP contribution in [0.1, 0.15) is 39.0 Å². The molecule has 3 nitrogen and oxygen atoms in total. The van der Waals surface area contributed by atoms with Crippen LogP contribution in [0.2, 0.25) is 0 Å². The van der Waals surface area contributed by atoms with Crippen LogP contribution in [0.4, 0.5) is 13.2 Å². The van der Waals surface area contributed by atoms with E-state index in [1.165, 1.54) is 0 Å². The normalized spacial score (nSPS) is 27.1. The molecule has 2 atom stereocenters. The summed E-state index contributed by atoms with van der Waals surface area (Å²) < 4.78 is 61.5. The Balaban J connectivity index is 2.46. The first-order valence-electron chi connectivity index (χ1n) is 5.72. The van der Waals surface area contributed by atoms with Gasteiger partial charge in [0.15, 0.2) is 0 Å². The summed E-state index contributed by atoms with van der Waals surface area (Å²) in [5, 5.41) is 0. The molecule has 0 spiro atoms. The minimum atomic E-state index is -5.42. The maximum absolute atomic E-state index is 12.0. The minimum Gasteiger partial charge on any atom is -0.263 e. The average Bonchev–Trinajstić information content (AvgIpc) is 2.25. The predicted molar refractivity (Wildman–Crippen MR) is 56.7 cm³/mol. The van der Waals surface area contributed by atoms with Crippen molar-refractivity contribution >= 4 is 10.1 Å². The number of hydrogen-bond donors (Lipinski definition) is 0. The van der Waals surface area contributed by atoms with Crippen molar-refractivity contribution in [2.45, 2.75) is 44.5 Å². The van der Waals surface area contributed by atoms with Gasteiger partial charge in [0, 0.05) is 0 Å². The molecule has 0 heterocycles. The van der Waals surface area contributed by atoms with Crippen LogP contribution in [-0.2, 0) is 14.3 Å². The highest BCUT2D eigenvalue weighted by molar-refractivity contribution is 7.87. The number of rotatable bonds is 4. The highest BCUT2D eigenvalue weighted by Crippen LogP contribution is 2.32. The first kappa shape index (κ1) is 14.8. The predicted octanol–water partition coefficient (Wildman–Crippen LogP) is 3.07. The molecule has 0 radical (unpaired) electrons. The van der Waals surface area contributed by atoms with Crippen LogP contribution >= 0.6 is 0 Å². The van der Waals surface area contributed by atoms with Crippen LogP contribution in [0.3, 0.4) is 0 Å². The lowest BCUT2D eigenvalue weighted by Crippen LogP contribution is -2.29. The minimum absolute atomic E-state index is 0.0779. The van der Waals surface area contributed by atoms with Gasteiger partial charge in [0.25, 0.3) is 0 Å². The van der Waals surface area contributed by atoms with E-state index in [0.29, 0.717) is 5.92 Å². The monoisotopic (exact) mass is 274 g/mol. The van der Waals surface area contributed by atoms with E-state index in [0.717, 1.165) is 32.1 Å². The summed E-state index contributed by atoms with van der Waals surface area (Å²) >= 11 is 0. The van der Waals surface area contributed by atoms with E-state index in [-0.39, 0.29) is 12.5 Å². The van der Waals surface area contributed by atoms with Gasteiger partial charge in [-0.1, -0.05) is 26.2 Å². The van der Waals surface area contributed by atoms with Gasteiger partial charge in [0.1, 0.15) is 0 Å². The Morgan fingerprint density at radius 3 is 2.35 bits per heavy atom. The Kier molecular flexibility index (Phi) is 4.83. The molecule has 0 aromatic rings. The summed E-state index contributed by atoms with van der Waals surface area (Å²) in [6.07, 6.45) is 4.47. The molecular formula is C10H17F3O3S. The Hall–Kier alpha value is -0.300. The second-order valence-corrected chi connectivity index (χ2v) is 6.10. The van der Waals surface area contributed by atoms with Crippen molar-refractivity contribution in [2.24, 2.45) is 11.8 Å². The Labute approximate surface area is 99.5 Å². The average molecular weight is 274 g/mol. The number of alkyl halides is 3. The van der Waals surface area contributed by atoms with Crippen LogP contribution in [0, 0.1) is 11.8 Å². The fraction of sp³-hybridized carbons (Fsp3) is 1.00. The zero-order valence-electron chi connectivity index (χ0n) is 9.66. The van der Waals surface area contributed by atoms with Gasteiger partial charge in [0.05, 0.1) is 6.61 Å². The van der Waals surface area contributed by atoms with Crippen LogP contribution in [0.25, 0.3) is 0 Å². The molecule has 7 heteroatoms. The van der Waals surface area contributed by atoms with E-state index in [4.69, 9.17) is 0 Å². The van der Waals surface area contributed by atoms with Crippen molar-refractivity contribution in [1.29, 1.82) is 0 Å². The SMILES string of the molecule is CCC1CCCC(COS(=O)(=O)C(F)(F)F)C1. The second-order valence-electron chi connectivity index (χ2n) is 4.49. The first-order valence-corrected chi connectivity index (χ1v) is 7.12. The van der Waals surface area contributed by atoms with E-state index in [1.807, 2.05) is 6.92 Å². The van der Waals surface area contributed by atoms with Gasteiger partial charge < -0.3 is 0 Å². The topological polar surface area (TPSA) is 43.4 Å². The molecule has 0 aromatic carbocycles. The Morgan fingerprint density at radius 2 is 1.82 bits per heavy atom. The maximum Gasteiger partial charge on any atom is 0.523 e. The van der Waals surface area contributed by atoms with E-state index in [9.17, 15) is 21.6 Å². The lowest BCUT2D eigenvalue weighted by atomic mass is 9.81. The molecule has 0 bridgehead atoms. The highest BCUT2D eigenvalue weighted by Gasteiger charge is 2.47. The largest absolute Gasteiger partial charge is 0.523 e. The zero-order valence-corrected chi connectivity index (χ0v) is 10.5. The standard InChI is InChI=1S/C10H17F3O3S/c1-2-8-4-3-5-9(6-8)7-16-17(14,15)10(11,12)13/h8-9H,2-7H2,1H3. The molecule has 17 heavy (non-hydrogen) atoms. The van der Waals surface area contributed by atoms with Crippen molar-refractivity contribution in [1.82, 2.24) is 0 Å².